The molecule has 29 heavy (non-hydrogen) atoms. The van der Waals surface area contributed by atoms with Gasteiger partial charge in [-0.15, -0.1) is 0 Å². The van der Waals surface area contributed by atoms with Crippen molar-refractivity contribution in [1.82, 2.24) is 29.6 Å². The fraction of sp³-hybridized carbons (Fsp3) is 0.143. The number of nitrogens with one attached hydrogen (secondary N) is 2. The molecule has 0 bridgehead atoms. The molecule has 0 saturated heterocycles. The van der Waals surface area contributed by atoms with Gasteiger partial charge < -0.3 is 15.2 Å². The molecule has 0 atom stereocenters. The predicted octanol–water partition coefficient (Wildman–Crippen LogP) is 2.60. The minimum absolute atomic E-state index is 0.151. The molecule has 3 heterocycles. The zero-order valence-corrected chi connectivity index (χ0v) is 16.0. The lowest BCUT2D eigenvalue weighted by atomic mass is 10.2. The van der Waals surface area contributed by atoms with Gasteiger partial charge in [0.1, 0.15) is 18.0 Å². The van der Waals surface area contributed by atoms with Crippen molar-refractivity contribution in [1.29, 1.82) is 0 Å². The van der Waals surface area contributed by atoms with E-state index in [1.807, 2.05) is 72.4 Å². The minimum atomic E-state index is -0.151. The lowest BCUT2D eigenvalue weighted by molar-refractivity contribution is 0.0954. The van der Waals surface area contributed by atoms with Crippen molar-refractivity contribution >= 4 is 11.7 Å². The maximum absolute atomic E-state index is 12.5. The average molecular weight is 387 g/mol. The van der Waals surface area contributed by atoms with Gasteiger partial charge in [-0.25, -0.2) is 14.6 Å². The van der Waals surface area contributed by atoms with Crippen LogP contribution in [0.25, 0.3) is 11.5 Å². The summed E-state index contributed by atoms with van der Waals surface area (Å²) in [6.07, 6.45) is 6.95. The summed E-state index contributed by atoms with van der Waals surface area (Å²) in [5.41, 5.74) is 2.28. The van der Waals surface area contributed by atoms with Gasteiger partial charge >= 0.3 is 0 Å². The van der Waals surface area contributed by atoms with Crippen molar-refractivity contribution in [3.05, 3.63) is 84.7 Å². The average Bonchev–Trinajstić information content (AvgIpc) is 3.42. The summed E-state index contributed by atoms with van der Waals surface area (Å²) >= 11 is 0. The van der Waals surface area contributed by atoms with Crippen LogP contribution in [0.1, 0.15) is 16.1 Å². The van der Waals surface area contributed by atoms with E-state index in [0.29, 0.717) is 24.5 Å². The normalized spacial score (nSPS) is 10.7. The van der Waals surface area contributed by atoms with Crippen LogP contribution in [0.5, 0.6) is 0 Å². The van der Waals surface area contributed by atoms with Gasteiger partial charge in [0.2, 0.25) is 0 Å². The Bertz CT molecular complexity index is 1090. The van der Waals surface area contributed by atoms with E-state index >= 15 is 0 Å². The van der Waals surface area contributed by atoms with Crippen LogP contribution in [-0.4, -0.2) is 43.3 Å². The fourth-order valence-corrected chi connectivity index (χ4v) is 3.00. The Hall–Kier alpha value is -3.94. The molecule has 0 unspecified atom stereocenters. The third-order valence-corrected chi connectivity index (χ3v) is 4.49. The van der Waals surface area contributed by atoms with Crippen LogP contribution in [0.2, 0.25) is 0 Å². The van der Waals surface area contributed by atoms with E-state index in [1.54, 1.807) is 10.9 Å². The highest BCUT2D eigenvalue weighted by Gasteiger charge is 2.14. The molecular weight excluding hydrogens is 366 g/mol. The van der Waals surface area contributed by atoms with Crippen LogP contribution >= 0.6 is 0 Å². The molecule has 0 radical (unpaired) electrons. The number of carbonyl (C=O) groups is 1. The first-order valence-corrected chi connectivity index (χ1v) is 9.30. The van der Waals surface area contributed by atoms with E-state index < -0.39 is 0 Å². The van der Waals surface area contributed by atoms with Gasteiger partial charge in [0.25, 0.3) is 5.91 Å². The summed E-state index contributed by atoms with van der Waals surface area (Å²) in [7, 11) is 0. The van der Waals surface area contributed by atoms with Crippen molar-refractivity contribution in [3.8, 4) is 11.5 Å². The lowest BCUT2D eigenvalue weighted by Crippen LogP contribution is -2.29. The summed E-state index contributed by atoms with van der Waals surface area (Å²) in [5.74, 6) is 1.33. The van der Waals surface area contributed by atoms with E-state index in [4.69, 9.17) is 0 Å². The first-order valence-electron chi connectivity index (χ1n) is 9.30. The predicted molar refractivity (Wildman–Crippen MR) is 110 cm³/mol. The lowest BCUT2D eigenvalue weighted by Gasteiger charge is -2.09. The molecule has 1 aromatic carbocycles. The molecule has 0 aliphatic carbocycles. The maximum Gasteiger partial charge on any atom is 0.254 e. The summed E-state index contributed by atoms with van der Waals surface area (Å²) in [6.45, 7) is 2.88. The standard InChI is InChI=1S/C21H21N7O/c1-16-18(14-26-28(16)17-7-3-2-4-8-17)21(29)23-10-9-22-19-13-20(25-15-24-19)27-11-5-6-12-27/h2-8,11-15H,9-10H2,1H3,(H,23,29)(H,22,24,25). The molecule has 1 amide bonds. The summed E-state index contributed by atoms with van der Waals surface area (Å²) in [6, 6.07) is 15.5. The van der Waals surface area contributed by atoms with Crippen LogP contribution in [-0.2, 0) is 0 Å². The number of amides is 1. The summed E-state index contributed by atoms with van der Waals surface area (Å²) in [5, 5.41) is 10.5. The van der Waals surface area contributed by atoms with Crippen molar-refractivity contribution in [2.75, 3.05) is 18.4 Å². The molecule has 146 valence electrons. The molecule has 0 aliphatic rings. The molecule has 0 spiro atoms. The first kappa shape index (κ1) is 18.4. The van der Waals surface area contributed by atoms with Crippen LogP contribution in [0.4, 0.5) is 5.82 Å². The van der Waals surface area contributed by atoms with Gasteiger partial charge in [-0.2, -0.15) is 5.10 Å². The highest BCUT2D eigenvalue weighted by Crippen LogP contribution is 2.13. The third-order valence-electron chi connectivity index (χ3n) is 4.49. The van der Waals surface area contributed by atoms with Gasteiger partial charge in [0.05, 0.1) is 23.1 Å². The molecular formula is C21H21N7O. The Kier molecular flexibility index (Phi) is 5.33. The van der Waals surface area contributed by atoms with Crippen molar-refractivity contribution in [3.63, 3.8) is 0 Å². The van der Waals surface area contributed by atoms with E-state index in [1.165, 1.54) is 6.33 Å². The van der Waals surface area contributed by atoms with Gasteiger partial charge in [-0.3, -0.25) is 4.79 Å². The largest absolute Gasteiger partial charge is 0.368 e. The topological polar surface area (TPSA) is 89.7 Å². The number of hydrogen-bond acceptors (Lipinski definition) is 5. The molecule has 0 aliphatic heterocycles. The van der Waals surface area contributed by atoms with Crippen LogP contribution in [0.3, 0.4) is 0 Å². The van der Waals surface area contributed by atoms with E-state index in [0.717, 1.165) is 17.2 Å². The number of rotatable bonds is 7. The van der Waals surface area contributed by atoms with Crippen molar-refractivity contribution < 1.29 is 4.79 Å². The highest BCUT2D eigenvalue weighted by molar-refractivity contribution is 5.95. The summed E-state index contributed by atoms with van der Waals surface area (Å²) < 4.78 is 3.67. The Balaban J connectivity index is 1.32. The van der Waals surface area contributed by atoms with Crippen molar-refractivity contribution in [2.24, 2.45) is 0 Å². The number of hydrogen-bond donors (Lipinski definition) is 2. The smallest absolute Gasteiger partial charge is 0.254 e. The highest BCUT2D eigenvalue weighted by atomic mass is 16.1. The van der Waals surface area contributed by atoms with Gasteiger partial charge in [-0.05, 0) is 31.2 Å². The molecule has 4 aromatic rings. The molecule has 0 fully saturated rings. The second-order valence-corrected chi connectivity index (χ2v) is 6.43. The number of carbonyl (C=O) groups excluding carboxylic acids is 1. The van der Waals surface area contributed by atoms with Gasteiger partial charge in [0, 0.05) is 31.5 Å². The molecule has 3 aromatic heterocycles. The second kappa shape index (κ2) is 8.39. The number of benzene rings is 1. The number of para-hydroxylation sites is 1. The minimum Gasteiger partial charge on any atom is -0.368 e. The molecule has 8 heteroatoms. The number of aromatic nitrogens is 5. The zero-order chi connectivity index (χ0) is 20.1. The Morgan fingerprint density at radius 3 is 2.62 bits per heavy atom. The SMILES string of the molecule is Cc1c(C(=O)NCCNc2cc(-n3cccc3)ncn2)cnn1-c1ccccc1. The van der Waals surface area contributed by atoms with Crippen LogP contribution in [0.15, 0.2) is 73.4 Å². The van der Waals surface area contributed by atoms with E-state index in [-0.39, 0.29) is 5.91 Å². The number of anilines is 1. The Morgan fingerprint density at radius 2 is 1.83 bits per heavy atom. The second-order valence-electron chi connectivity index (χ2n) is 6.43. The monoisotopic (exact) mass is 387 g/mol. The van der Waals surface area contributed by atoms with Gasteiger partial charge in [-0.1, -0.05) is 18.2 Å². The van der Waals surface area contributed by atoms with Crippen molar-refractivity contribution in [2.45, 2.75) is 6.92 Å². The Labute approximate surface area is 168 Å². The van der Waals surface area contributed by atoms with Crippen LogP contribution in [0, 0.1) is 6.92 Å². The first-order chi connectivity index (χ1) is 14.2. The third kappa shape index (κ3) is 4.16. The molecule has 4 rings (SSSR count). The van der Waals surface area contributed by atoms with Gasteiger partial charge in [0.15, 0.2) is 0 Å². The summed E-state index contributed by atoms with van der Waals surface area (Å²) in [4.78, 5) is 21.0. The van der Waals surface area contributed by atoms with E-state index in [9.17, 15) is 4.79 Å². The maximum atomic E-state index is 12.5. The van der Waals surface area contributed by atoms with Crippen LogP contribution < -0.4 is 10.6 Å². The molecule has 8 nitrogen and oxygen atoms in total. The Morgan fingerprint density at radius 1 is 1.03 bits per heavy atom. The fourth-order valence-electron chi connectivity index (χ4n) is 3.00. The molecule has 0 saturated carbocycles. The number of nitrogens with zero attached hydrogens (tertiary/aromatic N) is 5. The van der Waals surface area contributed by atoms with E-state index in [2.05, 4.69) is 25.7 Å². The molecule has 2 N–H and O–H groups in total. The zero-order valence-electron chi connectivity index (χ0n) is 16.0. The quantitative estimate of drug-likeness (QED) is 0.476.